The summed E-state index contributed by atoms with van der Waals surface area (Å²) in [6.07, 6.45) is -0.253. The van der Waals surface area contributed by atoms with Crippen molar-refractivity contribution in [1.29, 1.82) is 0 Å². The van der Waals surface area contributed by atoms with E-state index < -0.39 is 22.0 Å². The predicted octanol–water partition coefficient (Wildman–Crippen LogP) is -0.451. The van der Waals surface area contributed by atoms with Crippen LogP contribution < -0.4 is 10.5 Å². The number of nitrogens with two attached hydrogens (primary N) is 1. The smallest absolute Gasteiger partial charge is 0.252 e. The van der Waals surface area contributed by atoms with E-state index >= 15 is 0 Å². The molecule has 1 saturated heterocycles. The highest BCUT2D eigenvalue weighted by atomic mass is 32.2. The van der Waals surface area contributed by atoms with Crippen molar-refractivity contribution in [2.24, 2.45) is 5.73 Å². The first-order valence-corrected chi connectivity index (χ1v) is 7.46. The molecule has 8 heteroatoms. The number of hydrogen-bond donors (Lipinski definition) is 2. The molecule has 0 bridgehead atoms. The molecule has 3 N–H and O–H groups in total. The van der Waals surface area contributed by atoms with Gasteiger partial charge in [0.25, 0.3) is 5.91 Å². The third-order valence-corrected chi connectivity index (χ3v) is 5.06. The lowest BCUT2D eigenvalue weighted by molar-refractivity contribution is 0.0997. The Morgan fingerprint density at radius 2 is 2.20 bits per heavy atom. The van der Waals surface area contributed by atoms with Gasteiger partial charge in [0.05, 0.1) is 23.7 Å². The summed E-state index contributed by atoms with van der Waals surface area (Å²) < 4.78 is 30.9. The van der Waals surface area contributed by atoms with Gasteiger partial charge in [0.1, 0.15) is 5.75 Å². The number of ether oxygens (including phenoxy) is 1. The highest BCUT2D eigenvalue weighted by Gasteiger charge is 2.32. The molecule has 1 aliphatic heterocycles. The van der Waals surface area contributed by atoms with Crippen molar-refractivity contribution in [2.45, 2.75) is 17.4 Å². The third-order valence-electron chi connectivity index (χ3n) is 3.20. The van der Waals surface area contributed by atoms with Gasteiger partial charge in [0.15, 0.2) is 0 Å². The first kappa shape index (κ1) is 14.8. The van der Waals surface area contributed by atoms with Crippen molar-refractivity contribution in [2.75, 3.05) is 20.2 Å². The number of nitrogens with zero attached hydrogens (tertiary/aromatic N) is 1. The molecule has 7 nitrogen and oxygen atoms in total. The van der Waals surface area contributed by atoms with Crippen LogP contribution in [0.25, 0.3) is 0 Å². The van der Waals surface area contributed by atoms with Gasteiger partial charge in [0, 0.05) is 13.1 Å². The van der Waals surface area contributed by atoms with Crippen molar-refractivity contribution >= 4 is 15.9 Å². The van der Waals surface area contributed by atoms with Crippen LogP contribution in [-0.2, 0) is 10.0 Å². The summed E-state index contributed by atoms with van der Waals surface area (Å²) in [4.78, 5) is 11.3. The van der Waals surface area contributed by atoms with Gasteiger partial charge in [-0.3, -0.25) is 4.79 Å². The van der Waals surface area contributed by atoms with Crippen molar-refractivity contribution in [3.63, 3.8) is 0 Å². The molecule has 0 saturated carbocycles. The Hall–Kier alpha value is -1.64. The summed E-state index contributed by atoms with van der Waals surface area (Å²) in [6, 6.07) is 3.94. The van der Waals surface area contributed by atoms with Gasteiger partial charge in [-0.15, -0.1) is 0 Å². The number of rotatable bonds is 4. The normalized spacial score (nSPS) is 20.0. The zero-order chi connectivity index (χ0) is 14.9. The van der Waals surface area contributed by atoms with Gasteiger partial charge in [-0.2, -0.15) is 4.31 Å². The maximum absolute atomic E-state index is 12.4. The molecule has 1 heterocycles. The molecule has 0 aromatic heterocycles. The number of aliphatic hydroxyl groups excluding tert-OH is 1. The Morgan fingerprint density at radius 1 is 1.50 bits per heavy atom. The molecular weight excluding hydrogens is 284 g/mol. The number of benzene rings is 1. The van der Waals surface area contributed by atoms with Crippen LogP contribution in [0.3, 0.4) is 0 Å². The molecule has 1 fully saturated rings. The summed E-state index contributed by atoms with van der Waals surface area (Å²) in [5.41, 5.74) is 5.22. The number of primary amides is 1. The molecule has 1 amide bonds. The molecule has 1 aromatic carbocycles. The molecule has 0 unspecified atom stereocenters. The van der Waals surface area contributed by atoms with E-state index in [0.29, 0.717) is 6.42 Å². The number of amides is 1. The van der Waals surface area contributed by atoms with Crippen LogP contribution >= 0.6 is 0 Å². The second kappa shape index (κ2) is 5.39. The first-order valence-electron chi connectivity index (χ1n) is 6.02. The standard InChI is InChI=1S/C12H16N2O5S/c1-19-11-3-2-9(6-10(11)12(13)16)20(17,18)14-5-4-8(15)7-14/h2-3,6,8,15H,4-5,7H2,1H3,(H2,13,16)/t8-/m1/s1. The van der Waals surface area contributed by atoms with E-state index in [4.69, 9.17) is 10.5 Å². The zero-order valence-electron chi connectivity index (χ0n) is 10.9. The summed E-state index contributed by atoms with van der Waals surface area (Å²) in [6.45, 7) is 0.307. The van der Waals surface area contributed by atoms with Crippen molar-refractivity contribution in [3.05, 3.63) is 23.8 Å². The Kier molecular flexibility index (Phi) is 3.98. The van der Waals surface area contributed by atoms with Crippen LogP contribution in [0, 0.1) is 0 Å². The number of carbonyl (C=O) groups excluding carboxylic acids is 1. The Bertz CT molecular complexity index is 629. The maximum atomic E-state index is 12.4. The molecule has 1 aliphatic rings. The SMILES string of the molecule is COc1ccc(S(=O)(=O)N2CC[C@@H](O)C2)cc1C(N)=O. The largest absolute Gasteiger partial charge is 0.496 e. The summed E-state index contributed by atoms with van der Waals surface area (Å²) >= 11 is 0. The minimum absolute atomic E-state index is 0.00770. The van der Waals surface area contributed by atoms with Gasteiger partial charge < -0.3 is 15.6 Å². The van der Waals surface area contributed by atoms with Crippen molar-refractivity contribution in [1.82, 2.24) is 4.31 Å². The summed E-state index contributed by atoms with van der Waals surface area (Å²) in [7, 11) is -2.37. The number of aliphatic hydroxyl groups is 1. The second-order valence-electron chi connectivity index (χ2n) is 4.53. The molecule has 1 atom stereocenters. The lowest BCUT2D eigenvalue weighted by Gasteiger charge is -2.16. The Labute approximate surface area is 117 Å². The lowest BCUT2D eigenvalue weighted by atomic mass is 10.2. The maximum Gasteiger partial charge on any atom is 0.252 e. The number of sulfonamides is 1. The molecule has 0 aliphatic carbocycles. The molecule has 1 aromatic rings. The highest BCUT2D eigenvalue weighted by molar-refractivity contribution is 7.89. The minimum atomic E-state index is -3.74. The van der Waals surface area contributed by atoms with Gasteiger partial charge >= 0.3 is 0 Å². The van der Waals surface area contributed by atoms with E-state index in [1.165, 1.54) is 29.6 Å². The minimum Gasteiger partial charge on any atom is -0.496 e. The topological polar surface area (TPSA) is 110 Å². The van der Waals surface area contributed by atoms with Crippen LogP contribution in [0.2, 0.25) is 0 Å². The number of hydrogen-bond acceptors (Lipinski definition) is 5. The van der Waals surface area contributed by atoms with Gasteiger partial charge in [-0.05, 0) is 24.6 Å². The Balaban J connectivity index is 2.42. The first-order chi connectivity index (χ1) is 9.36. The van der Waals surface area contributed by atoms with E-state index in [-0.39, 0.29) is 29.3 Å². The van der Waals surface area contributed by atoms with E-state index in [2.05, 4.69) is 0 Å². The van der Waals surface area contributed by atoms with Crippen LogP contribution in [-0.4, -0.2) is 50.0 Å². The molecule has 0 spiro atoms. The number of β-amino-alcohol motifs (C(OH)–C–C–N with tert-alkyl or cyclic N) is 1. The number of carbonyl (C=O) groups is 1. The van der Waals surface area contributed by atoms with Gasteiger partial charge in [-0.25, -0.2) is 8.42 Å². The zero-order valence-corrected chi connectivity index (χ0v) is 11.8. The van der Waals surface area contributed by atoms with Gasteiger partial charge in [-0.1, -0.05) is 0 Å². The van der Waals surface area contributed by atoms with Crippen LogP contribution in [0.5, 0.6) is 5.75 Å². The number of methoxy groups -OCH3 is 1. The van der Waals surface area contributed by atoms with E-state index in [1.54, 1.807) is 0 Å². The van der Waals surface area contributed by atoms with Crippen LogP contribution in [0.1, 0.15) is 16.8 Å². The second-order valence-corrected chi connectivity index (χ2v) is 6.47. The molecule has 0 radical (unpaired) electrons. The fourth-order valence-electron chi connectivity index (χ4n) is 2.12. The van der Waals surface area contributed by atoms with Gasteiger partial charge in [0.2, 0.25) is 10.0 Å². The third kappa shape index (κ3) is 2.62. The van der Waals surface area contributed by atoms with Crippen molar-refractivity contribution < 1.29 is 23.1 Å². The summed E-state index contributed by atoms with van der Waals surface area (Å²) in [5, 5.41) is 9.43. The van der Waals surface area contributed by atoms with E-state index in [1.807, 2.05) is 0 Å². The fourth-order valence-corrected chi connectivity index (χ4v) is 3.64. The monoisotopic (exact) mass is 300 g/mol. The van der Waals surface area contributed by atoms with Crippen LogP contribution in [0.15, 0.2) is 23.1 Å². The van der Waals surface area contributed by atoms with E-state index in [0.717, 1.165) is 0 Å². The quantitative estimate of drug-likeness (QED) is 0.782. The lowest BCUT2D eigenvalue weighted by Crippen LogP contribution is -2.30. The molecule has 110 valence electrons. The fraction of sp³-hybridized carbons (Fsp3) is 0.417. The van der Waals surface area contributed by atoms with Crippen LogP contribution in [0.4, 0.5) is 0 Å². The molecular formula is C12H16N2O5S. The summed E-state index contributed by atoms with van der Waals surface area (Å²) in [5.74, 6) is -0.543. The molecule has 2 rings (SSSR count). The van der Waals surface area contributed by atoms with Crippen molar-refractivity contribution in [3.8, 4) is 5.75 Å². The average Bonchev–Trinajstić information content (AvgIpc) is 2.85. The molecule has 20 heavy (non-hydrogen) atoms. The highest BCUT2D eigenvalue weighted by Crippen LogP contribution is 2.26. The Morgan fingerprint density at radius 3 is 2.70 bits per heavy atom. The predicted molar refractivity (Wildman–Crippen MR) is 70.9 cm³/mol. The van der Waals surface area contributed by atoms with E-state index in [9.17, 15) is 18.3 Å². The average molecular weight is 300 g/mol.